The first-order valence-electron chi connectivity index (χ1n) is 9.18. The van der Waals surface area contributed by atoms with E-state index in [4.69, 9.17) is 5.26 Å². The molecule has 2 aromatic carbocycles. The maximum atomic E-state index is 13.0. The second-order valence-corrected chi connectivity index (χ2v) is 6.46. The lowest BCUT2D eigenvalue weighted by Crippen LogP contribution is -2.31. The number of hydrogen-bond donors (Lipinski definition) is 1. The van der Waals surface area contributed by atoms with E-state index in [2.05, 4.69) is 10.3 Å². The molecule has 1 heterocycles. The summed E-state index contributed by atoms with van der Waals surface area (Å²) in [4.78, 5) is 31.3. The second kappa shape index (κ2) is 8.81. The highest BCUT2D eigenvalue weighted by Crippen LogP contribution is 2.19. The molecular formula is C23H20N4O2. The van der Waals surface area contributed by atoms with Crippen LogP contribution in [0.5, 0.6) is 0 Å². The first-order valence-corrected chi connectivity index (χ1v) is 9.18. The first kappa shape index (κ1) is 19.8. The van der Waals surface area contributed by atoms with Gasteiger partial charge in [-0.05, 0) is 67.9 Å². The lowest BCUT2D eigenvalue weighted by molar-refractivity contribution is 0.0983. The van der Waals surface area contributed by atoms with Crippen LogP contribution in [0.25, 0.3) is 0 Å². The Bertz CT molecular complexity index is 1080. The Morgan fingerprint density at radius 1 is 1.10 bits per heavy atom. The van der Waals surface area contributed by atoms with Crippen molar-refractivity contribution in [2.45, 2.75) is 13.8 Å². The molecule has 0 atom stereocenters. The molecule has 0 saturated heterocycles. The highest BCUT2D eigenvalue weighted by Gasteiger charge is 2.19. The highest BCUT2D eigenvalue weighted by atomic mass is 16.2. The summed E-state index contributed by atoms with van der Waals surface area (Å²) in [6.07, 6.45) is 1.45. The van der Waals surface area contributed by atoms with Gasteiger partial charge >= 0.3 is 0 Å². The molecule has 0 spiro atoms. The van der Waals surface area contributed by atoms with Crippen molar-refractivity contribution in [2.75, 3.05) is 16.8 Å². The maximum absolute atomic E-state index is 13.0. The number of aryl methyl sites for hydroxylation is 1. The van der Waals surface area contributed by atoms with Crippen LogP contribution in [0.4, 0.5) is 11.4 Å². The van der Waals surface area contributed by atoms with Gasteiger partial charge in [-0.1, -0.05) is 12.1 Å². The molecule has 0 saturated carbocycles. The smallest absolute Gasteiger partial charge is 0.276 e. The van der Waals surface area contributed by atoms with Crippen molar-refractivity contribution in [2.24, 2.45) is 0 Å². The van der Waals surface area contributed by atoms with Crippen molar-refractivity contribution in [1.29, 1.82) is 5.26 Å². The Labute approximate surface area is 169 Å². The Morgan fingerprint density at radius 2 is 1.86 bits per heavy atom. The number of nitrogens with zero attached hydrogens (tertiary/aromatic N) is 3. The lowest BCUT2D eigenvalue weighted by Gasteiger charge is -2.21. The van der Waals surface area contributed by atoms with E-state index in [-0.39, 0.29) is 17.5 Å². The third-order valence-electron chi connectivity index (χ3n) is 4.39. The zero-order valence-electron chi connectivity index (χ0n) is 16.2. The number of nitriles is 1. The second-order valence-electron chi connectivity index (χ2n) is 6.46. The molecule has 0 bridgehead atoms. The minimum atomic E-state index is -0.357. The van der Waals surface area contributed by atoms with E-state index >= 15 is 0 Å². The predicted molar refractivity (Wildman–Crippen MR) is 112 cm³/mol. The van der Waals surface area contributed by atoms with E-state index in [9.17, 15) is 9.59 Å². The quantitative estimate of drug-likeness (QED) is 0.715. The monoisotopic (exact) mass is 384 g/mol. The molecule has 2 amide bonds. The van der Waals surface area contributed by atoms with Crippen LogP contribution in [0.3, 0.4) is 0 Å². The molecule has 0 radical (unpaired) electrons. The van der Waals surface area contributed by atoms with Crippen LogP contribution >= 0.6 is 0 Å². The van der Waals surface area contributed by atoms with Gasteiger partial charge in [-0.3, -0.25) is 14.6 Å². The van der Waals surface area contributed by atoms with Gasteiger partial charge in [0, 0.05) is 29.7 Å². The van der Waals surface area contributed by atoms with Crippen LogP contribution in [0.15, 0.2) is 66.9 Å². The number of anilines is 2. The summed E-state index contributed by atoms with van der Waals surface area (Å²) in [5.74, 6) is -0.629. The van der Waals surface area contributed by atoms with Crippen molar-refractivity contribution < 1.29 is 9.59 Å². The number of amides is 2. The van der Waals surface area contributed by atoms with Crippen molar-refractivity contribution in [3.63, 3.8) is 0 Å². The van der Waals surface area contributed by atoms with E-state index in [1.807, 2.05) is 44.2 Å². The molecule has 0 fully saturated rings. The predicted octanol–water partition coefficient (Wildman–Crippen LogP) is 4.18. The summed E-state index contributed by atoms with van der Waals surface area (Å²) in [7, 11) is 0. The number of carbonyl (C=O) groups is 2. The number of aromatic nitrogens is 1. The lowest BCUT2D eigenvalue weighted by atomic mass is 10.1. The molecule has 1 N–H and O–H groups in total. The minimum Gasteiger partial charge on any atom is -0.322 e. The van der Waals surface area contributed by atoms with Crippen LogP contribution < -0.4 is 10.2 Å². The molecule has 29 heavy (non-hydrogen) atoms. The molecule has 3 rings (SSSR count). The van der Waals surface area contributed by atoms with Crippen molar-refractivity contribution in [3.8, 4) is 6.07 Å². The highest BCUT2D eigenvalue weighted by molar-refractivity contribution is 6.08. The van der Waals surface area contributed by atoms with E-state index < -0.39 is 0 Å². The number of carbonyl (C=O) groups excluding carboxylic acids is 2. The average molecular weight is 384 g/mol. The summed E-state index contributed by atoms with van der Waals surface area (Å²) in [6, 6.07) is 19.3. The van der Waals surface area contributed by atoms with Crippen molar-refractivity contribution in [3.05, 3.63) is 89.2 Å². The van der Waals surface area contributed by atoms with Crippen LogP contribution in [0.1, 0.15) is 38.9 Å². The molecule has 0 aliphatic carbocycles. The maximum Gasteiger partial charge on any atom is 0.276 e. The minimum absolute atomic E-state index is 0.195. The van der Waals surface area contributed by atoms with Crippen LogP contribution in [-0.2, 0) is 0 Å². The molecular weight excluding hydrogens is 364 g/mol. The Balaban J connectivity index is 1.81. The fourth-order valence-corrected chi connectivity index (χ4v) is 2.90. The molecule has 3 aromatic rings. The van der Waals surface area contributed by atoms with E-state index in [0.717, 1.165) is 11.3 Å². The van der Waals surface area contributed by atoms with Crippen LogP contribution in [0.2, 0.25) is 0 Å². The zero-order valence-corrected chi connectivity index (χ0v) is 16.2. The fourth-order valence-electron chi connectivity index (χ4n) is 2.90. The van der Waals surface area contributed by atoms with Crippen LogP contribution in [-0.4, -0.2) is 23.3 Å². The third-order valence-corrected chi connectivity index (χ3v) is 4.39. The van der Waals surface area contributed by atoms with Gasteiger partial charge in [0.1, 0.15) is 5.69 Å². The topological polar surface area (TPSA) is 86.1 Å². The molecule has 0 aliphatic heterocycles. The normalized spacial score (nSPS) is 10.1. The average Bonchev–Trinajstić information content (AvgIpc) is 2.75. The van der Waals surface area contributed by atoms with E-state index in [1.165, 1.54) is 12.3 Å². The van der Waals surface area contributed by atoms with E-state index in [0.29, 0.717) is 23.4 Å². The molecule has 0 unspecified atom stereocenters. The number of hydrogen-bond acceptors (Lipinski definition) is 4. The van der Waals surface area contributed by atoms with Gasteiger partial charge < -0.3 is 10.2 Å². The summed E-state index contributed by atoms with van der Waals surface area (Å²) in [5, 5.41) is 11.6. The van der Waals surface area contributed by atoms with Crippen molar-refractivity contribution >= 4 is 23.2 Å². The molecule has 1 aromatic heterocycles. The summed E-state index contributed by atoms with van der Waals surface area (Å²) in [5.41, 5.74) is 3.43. The molecule has 144 valence electrons. The number of nitrogens with one attached hydrogen (secondary N) is 1. The Morgan fingerprint density at radius 3 is 2.52 bits per heavy atom. The Hall–Kier alpha value is -3.98. The van der Waals surface area contributed by atoms with Gasteiger partial charge in [0.25, 0.3) is 11.8 Å². The van der Waals surface area contributed by atoms with Gasteiger partial charge in [-0.2, -0.15) is 5.26 Å². The van der Waals surface area contributed by atoms with Gasteiger partial charge in [0.15, 0.2) is 0 Å². The van der Waals surface area contributed by atoms with E-state index in [1.54, 1.807) is 35.2 Å². The summed E-state index contributed by atoms with van der Waals surface area (Å²) in [6.45, 7) is 4.33. The van der Waals surface area contributed by atoms with Gasteiger partial charge in [-0.15, -0.1) is 0 Å². The van der Waals surface area contributed by atoms with Gasteiger partial charge in [0.2, 0.25) is 0 Å². The van der Waals surface area contributed by atoms with Gasteiger partial charge in [-0.25, -0.2) is 0 Å². The molecule has 0 aliphatic rings. The SMILES string of the molecule is CCN(C(=O)c1cc(C(=O)Nc2ccc(C#N)cc2)ccn1)c1cccc(C)c1. The fraction of sp³-hybridized carbons (Fsp3) is 0.130. The standard InChI is InChI=1S/C23H20N4O2/c1-3-27(20-6-4-5-16(2)13-20)23(29)21-14-18(11-12-25-21)22(28)26-19-9-7-17(15-24)8-10-19/h4-14H,3H2,1-2H3,(H,26,28). The van der Waals surface area contributed by atoms with Gasteiger partial charge in [0.05, 0.1) is 11.6 Å². The summed E-state index contributed by atoms with van der Waals surface area (Å²) >= 11 is 0. The number of pyridine rings is 1. The van der Waals surface area contributed by atoms with Crippen molar-refractivity contribution in [1.82, 2.24) is 4.98 Å². The number of benzene rings is 2. The van der Waals surface area contributed by atoms with Crippen LogP contribution in [0, 0.1) is 18.3 Å². The third kappa shape index (κ3) is 4.66. The largest absolute Gasteiger partial charge is 0.322 e. The Kier molecular flexibility index (Phi) is 6.00. The first-order chi connectivity index (χ1) is 14.0. The molecule has 6 nitrogen and oxygen atoms in total. The summed E-state index contributed by atoms with van der Waals surface area (Å²) < 4.78 is 0. The molecule has 6 heteroatoms. The number of rotatable bonds is 5. The zero-order chi connectivity index (χ0) is 20.8.